The maximum absolute atomic E-state index is 10.6. The highest BCUT2D eigenvalue weighted by atomic mass is 31.2. The summed E-state index contributed by atoms with van der Waals surface area (Å²) in [4.78, 5) is 18.5. The lowest BCUT2D eigenvalue weighted by molar-refractivity contribution is 1.04. The van der Waals surface area contributed by atoms with Gasteiger partial charge in [0.2, 0.25) is 0 Å². The number of nitrogens with zero attached hydrogens (tertiary/aromatic N) is 5. The van der Waals surface area contributed by atoms with E-state index in [4.69, 9.17) is 21.5 Å². The van der Waals surface area contributed by atoms with Crippen LogP contribution in [0.5, 0.6) is 0 Å². The molecule has 5 aromatic rings. The smallest absolute Gasteiger partial charge is 0.196 e. The molecule has 4 aromatic carbocycles. The standard InChI is InChI=1S/C34H22N5P/c1-36-31-23-27(22-30(24-35)40(31,28-18-10-4-11-19-28)29-20-12-5-13-21-29)34-38-32(25-14-6-2-7-15-25)37-33(39-34)26-16-8-3-9-17-26/h2-23H. The molecule has 0 radical (unpaired) electrons. The normalized spacial score (nSPS) is 13.9. The minimum atomic E-state index is -2.70. The summed E-state index contributed by atoms with van der Waals surface area (Å²) in [5.74, 6) is 1.47. The molecule has 0 fully saturated rings. The van der Waals surface area contributed by atoms with E-state index in [0.29, 0.717) is 33.8 Å². The Morgan fingerprint density at radius 1 is 0.575 bits per heavy atom. The molecule has 6 heteroatoms. The zero-order valence-electron chi connectivity index (χ0n) is 21.4. The van der Waals surface area contributed by atoms with Crippen molar-refractivity contribution in [1.29, 1.82) is 5.26 Å². The summed E-state index contributed by atoms with van der Waals surface area (Å²) < 4.78 is 0. The first kappa shape index (κ1) is 25.0. The van der Waals surface area contributed by atoms with Gasteiger partial charge in [-0.15, -0.1) is 0 Å². The van der Waals surface area contributed by atoms with E-state index in [-0.39, 0.29) is 0 Å². The molecule has 5 nitrogen and oxygen atoms in total. The second kappa shape index (κ2) is 10.8. The maximum Gasteiger partial charge on any atom is 0.196 e. The van der Waals surface area contributed by atoms with Gasteiger partial charge in [-0.2, -0.15) is 5.26 Å². The number of allylic oxidation sites excluding steroid dienone is 3. The van der Waals surface area contributed by atoms with Crippen LogP contribution in [0.3, 0.4) is 0 Å². The first-order valence-corrected chi connectivity index (χ1v) is 14.5. The highest BCUT2D eigenvalue weighted by molar-refractivity contribution is 7.93. The monoisotopic (exact) mass is 531 g/mol. The molecule has 0 unspecified atom stereocenters. The Morgan fingerprint density at radius 2 is 1.00 bits per heavy atom. The molecule has 2 heterocycles. The Labute approximate surface area is 233 Å². The number of nitriles is 1. The quantitative estimate of drug-likeness (QED) is 0.186. The number of hydrogen-bond acceptors (Lipinski definition) is 4. The lowest BCUT2D eigenvalue weighted by Gasteiger charge is -2.31. The molecule has 188 valence electrons. The topological polar surface area (TPSA) is 66.8 Å². The highest BCUT2D eigenvalue weighted by Gasteiger charge is 2.35. The van der Waals surface area contributed by atoms with Crippen molar-refractivity contribution in [3.8, 4) is 28.8 Å². The van der Waals surface area contributed by atoms with Gasteiger partial charge in [0.15, 0.2) is 22.9 Å². The van der Waals surface area contributed by atoms with E-state index in [9.17, 15) is 5.26 Å². The van der Waals surface area contributed by atoms with Gasteiger partial charge in [-0.05, 0) is 22.8 Å². The molecule has 0 amide bonds. The fourth-order valence-electron chi connectivity index (χ4n) is 4.92. The lowest BCUT2D eigenvalue weighted by atomic mass is 10.1. The molecule has 0 N–H and O–H groups in total. The molecule has 0 atom stereocenters. The third kappa shape index (κ3) is 4.36. The van der Waals surface area contributed by atoms with E-state index in [1.165, 1.54) is 0 Å². The summed E-state index contributed by atoms with van der Waals surface area (Å²) in [6.45, 7) is 5.61. The second-order valence-electron chi connectivity index (χ2n) is 9.09. The number of hydrogen-bond donors (Lipinski definition) is 0. The molecule has 0 bridgehead atoms. The second-order valence-corrected chi connectivity index (χ2v) is 12.4. The summed E-state index contributed by atoms with van der Waals surface area (Å²) in [7, 11) is 0. The third-order valence-electron chi connectivity index (χ3n) is 6.76. The maximum atomic E-state index is 10.6. The van der Waals surface area contributed by atoms with Gasteiger partial charge in [-0.25, -0.2) is 19.8 Å². The van der Waals surface area contributed by atoms with Crippen molar-refractivity contribution in [1.82, 2.24) is 15.0 Å². The number of benzene rings is 4. The van der Waals surface area contributed by atoms with Crippen molar-refractivity contribution in [2.24, 2.45) is 0 Å². The zero-order valence-corrected chi connectivity index (χ0v) is 22.3. The van der Waals surface area contributed by atoms with Gasteiger partial charge < -0.3 is 0 Å². The van der Waals surface area contributed by atoms with E-state index in [0.717, 1.165) is 21.7 Å². The fourth-order valence-corrected chi connectivity index (χ4v) is 8.76. The average Bonchev–Trinajstić information content (AvgIpc) is 3.05. The van der Waals surface area contributed by atoms with Crippen molar-refractivity contribution in [3.05, 3.63) is 156 Å². The van der Waals surface area contributed by atoms with Crippen LogP contribution in [0.2, 0.25) is 0 Å². The molecule has 0 aliphatic carbocycles. The lowest BCUT2D eigenvalue weighted by Crippen LogP contribution is -2.23. The van der Waals surface area contributed by atoms with Gasteiger partial charge in [-0.1, -0.05) is 121 Å². The largest absolute Gasteiger partial charge is 0.237 e. The molecular formula is C34H22N5P. The molecule has 1 aliphatic rings. The molecule has 0 saturated heterocycles. The summed E-state index contributed by atoms with van der Waals surface area (Å²) in [6, 6.07) is 41.8. The fraction of sp³-hybridized carbons (Fsp3) is 0. The zero-order chi connectivity index (χ0) is 27.4. The van der Waals surface area contributed by atoms with Crippen LogP contribution in [0.25, 0.3) is 33.2 Å². The Bertz CT molecular complexity index is 1800. The van der Waals surface area contributed by atoms with Crippen LogP contribution in [0, 0.1) is 17.9 Å². The number of rotatable bonds is 5. The molecular weight excluding hydrogens is 509 g/mol. The van der Waals surface area contributed by atoms with Gasteiger partial charge in [-0.3, -0.25) is 0 Å². The summed E-state index contributed by atoms with van der Waals surface area (Å²) in [5.41, 5.74) is 2.84. The van der Waals surface area contributed by atoms with Gasteiger partial charge in [0.05, 0.1) is 18.0 Å². The molecule has 6 rings (SSSR count). The van der Waals surface area contributed by atoms with Crippen molar-refractivity contribution >= 4 is 28.5 Å². The third-order valence-corrected chi connectivity index (χ3v) is 10.8. The van der Waals surface area contributed by atoms with E-state index in [1.54, 1.807) is 0 Å². The number of aromatic nitrogens is 3. The van der Waals surface area contributed by atoms with Gasteiger partial charge >= 0.3 is 0 Å². The summed E-state index contributed by atoms with van der Waals surface area (Å²) in [6.07, 6.45) is 3.72. The van der Waals surface area contributed by atoms with Crippen LogP contribution in [-0.2, 0) is 0 Å². The van der Waals surface area contributed by atoms with Crippen LogP contribution in [-0.4, -0.2) is 20.4 Å². The molecule has 40 heavy (non-hydrogen) atoms. The van der Waals surface area contributed by atoms with E-state index in [2.05, 4.69) is 10.9 Å². The summed E-state index contributed by atoms with van der Waals surface area (Å²) >= 11 is 0. The van der Waals surface area contributed by atoms with Crippen LogP contribution in [0.4, 0.5) is 0 Å². The molecule has 1 aliphatic heterocycles. The molecule has 1 aromatic heterocycles. The van der Waals surface area contributed by atoms with Crippen molar-refractivity contribution in [2.45, 2.75) is 0 Å². The first-order valence-electron chi connectivity index (χ1n) is 12.7. The Hall–Kier alpha value is -5.35. The van der Waals surface area contributed by atoms with E-state index in [1.807, 2.05) is 133 Å². The van der Waals surface area contributed by atoms with Crippen molar-refractivity contribution in [3.63, 3.8) is 0 Å². The van der Waals surface area contributed by atoms with Crippen molar-refractivity contribution in [2.75, 3.05) is 0 Å². The highest BCUT2D eigenvalue weighted by Crippen LogP contribution is 2.57. The Morgan fingerprint density at radius 3 is 1.43 bits per heavy atom. The predicted molar refractivity (Wildman–Crippen MR) is 163 cm³/mol. The Balaban J connectivity index is 1.65. The SMILES string of the molecule is [C-]#[N+]C1=P(c2ccccc2)(c2ccccc2)C(C#N)=CC(c2nc(-c3ccccc3)nc(-c3ccccc3)n2)=C1. The van der Waals surface area contributed by atoms with Crippen LogP contribution >= 0.6 is 6.89 Å². The van der Waals surface area contributed by atoms with Gasteiger partial charge in [0.1, 0.15) is 0 Å². The van der Waals surface area contributed by atoms with Crippen LogP contribution in [0.15, 0.2) is 139 Å². The summed E-state index contributed by atoms with van der Waals surface area (Å²) in [5, 5.41) is 13.1. The predicted octanol–water partition coefficient (Wildman–Crippen LogP) is 6.73. The first-order chi connectivity index (χ1) is 19.7. The molecule has 0 spiro atoms. The average molecular weight is 532 g/mol. The Kier molecular flexibility index (Phi) is 6.73. The van der Waals surface area contributed by atoms with Crippen molar-refractivity contribution < 1.29 is 0 Å². The molecule has 0 saturated carbocycles. The van der Waals surface area contributed by atoms with E-state index < -0.39 is 6.89 Å². The van der Waals surface area contributed by atoms with Gasteiger partial charge in [0, 0.05) is 23.6 Å². The van der Waals surface area contributed by atoms with Crippen LogP contribution < -0.4 is 10.6 Å². The minimum absolute atomic E-state index is 0.417. The van der Waals surface area contributed by atoms with Gasteiger partial charge in [0.25, 0.3) is 0 Å². The minimum Gasteiger partial charge on any atom is -0.237 e. The van der Waals surface area contributed by atoms with Crippen LogP contribution in [0.1, 0.15) is 5.82 Å². The van der Waals surface area contributed by atoms with E-state index >= 15 is 0 Å².